The van der Waals surface area contributed by atoms with Gasteiger partial charge in [0.1, 0.15) is 5.78 Å². The van der Waals surface area contributed by atoms with Gasteiger partial charge in [-0.15, -0.1) is 0 Å². The minimum absolute atomic E-state index is 0.121. The topological polar surface area (TPSA) is 26.3 Å². The Labute approximate surface area is 156 Å². The van der Waals surface area contributed by atoms with E-state index in [-0.39, 0.29) is 11.0 Å². The van der Waals surface area contributed by atoms with Crippen LogP contribution in [0.2, 0.25) is 19.6 Å². The van der Waals surface area contributed by atoms with Crippen LogP contribution in [-0.4, -0.2) is 19.7 Å². The van der Waals surface area contributed by atoms with E-state index in [0.717, 1.165) is 19.3 Å². The van der Waals surface area contributed by atoms with Crippen molar-refractivity contribution in [1.82, 2.24) is 0 Å². The van der Waals surface area contributed by atoms with Gasteiger partial charge in [0.05, 0.1) is 5.60 Å². The maximum Gasteiger partial charge on any atom is 0.184 e. The lowest BCUT2D eigenvalue weighted by Crippen LogP contribution is -2.42. The maximum atomic E-state index is 12.3. The van der Waals surface area contributed by atoms with E-state index in [1.807, 2.05) is 0 Å². The average molecular weight is 365 g/mol. The van der Waals surface area contributed by atoms with E-state index in [1.54, 1.807) is 0 Å². The van der Waals surface area contributed by atoms with Crippen molar-refractivity contribution in [3.63, 3.8) is 0 Å². The van der Waals surface area contributed by atoms with E-state index >= 15 is 0 Å². The fourth-order valence-corrected chi connectivity index (χ4v) is 7.19. The van der Waals surface area contributed by atoms with Crippen molar-refractivity contribution >= 4 is 14.1 Å². The lowest BCUT2D eigenvalue weighted by atomic mass is 9.62. The predicted octanol–water partition coefficient (Wildman–Crippen LogP) is 6.23. The molecule has 0 aromatic carbocycles. The van der Waals surface area contributed by atoms with Gasteiger partial charge >= 0.3 is 0 Å². The minimum Gasteiger partial charge on any atom is -0.412 e. The molecule has 144 valence electrons. The lowest BCUT2D eigenvalue weighted by Gasteiger charge is -2.42. The van der Waals surface area contributed by atoms with Gasteiger partial charge in [-0.1, -0.05) is 32.9 Å². The Morgan fingerprint density at radius 2 is 1.84 bits per heavy atom. The molecule has 0 N–H and O–H groups in total. The molecule has 0 spiro atoms. The molecule has 0 amide bonds. The molecule has 0 saturated heterocycles. The summed E-state index contributed by atoms with van der Waals surface area (Å²) in [5, 5.41) is 0. The van der Waals surface area contributed by atoms with Gasteiger partial charge in [-0.2, -0.15) is 0 Å². The number of rotatable bonds is 6. The molecule has 3 heteroatoms. The average Bonchev–Trinajstić information content (AvgIpc) is 2.80. The van der Waals surface area contributed by atoms with Gasteiger partial charge in [0, 0.05) is 18.3 Å². The summed E-state index contributed by atoms with van der Waals surface area (Å²) in [6.07, 6.45) is 10.2. The van der Waals surface area contributed by atoms with Crippen molar-refractivity contribution in [1.29, 1.82) is 0 Å². The molecule has 2 saturated carbocycles. The highest BCUT2D eigenvalue weighted by Crippen LogP contribution is 2.56. The van der Waals surface area contributed by atoms with Gasteiger partial charge in [0.15, 0.2) is 8.32 Å². The number of hydrogen-bond acceptors (Lipinski definition) is 2. The number of carbonyl (C=O) groups is 1. The molecule has 0 bridgehead atoms. The smallest absolute Gasteiger partial charge is 0.184 e. The number of hydrogen-bond donors (Lipinski definition) is 0. The van der Waals surface area contributed by atoms with Gasteiger partial charge < -0.3 is 4.43 Å². The van der Waals surface area contributed by atoms with Crippen molar-refractivity contribution in [2.75, 3.05) is 0 Å². The Morgan fingerprint density at radius 3 is 2.44 bits per heavy atom. The van der Waals surface area contributed by atoms with Crippen LogP contribution in [0.4, 0.5) is 0 Å². The number of carbonyl (C=O) groups excluding carboxylic acids is 1. The van der Waals surface area contributed by atoms with Gasteiger partial charge in [-0.3, -0.25) is 4.79 Å². The normalized spacial score (nSPS) is 33.5. The zero-order valence-electron chi connectivity index (χ0n) is 17.8. The number of ketones is 1. The highest BCUT2D eigenvalue weighted by Gasteiger charge is 2.52. The van der Waals surface area contributed by atoms with Crippen molar-refractivity contribution in [2.24, 2.45) is 29.1 Å². The summed E-state index contributed by atoms with van der Waals surface area (Å²) in [4.78, 5) is 12.3. The molecule has 0 aromatic rings. The fraction of sp³-hybridized carbons (Fsp3) is 0.864. The first-order chi connectivity index (χ1) is 11.4. The second-order valence-electron chi connectivity index (χ2n) is 10.4. The molecular weight excluding hydrogens is 324 g/mol. The second-order valence-corrected chi connectivity index (χ2v) is 14.8. The zero-order valence-corrected chi connectivity index (χ0v) is 18.8. The predicted molar refractivity (Wildman–Crippen MR) is 109 cm³/mol. The molecule has 0 unspecified atom stereocenters. The Hall–Kier alpha value is -0.413. The highest BCUT2D eigenvalue weighted by molar-refractivity contribution is 6.69. The summed E-state index contributed by atoms with van der Waals surface area (Å²) in [6.45, 7) is 18.2. The molecular formula is C22H40O2Si. The first-order valence-electron chi connectivity index (χ1n) is 10.3. The van der Waals surface area contributed by atoms with Crippen LogP contribution in [0.3, 0.4) is 0 Å². The van der Waals surface area contributed by atoms with Gasteiger partial charge in [0.2, 0.25) is 0 Å². The molecule has 2 fully saturated rings. The molecule has 25 heavy (non-hydrogen) atoms. The molecule has 5 atom stereocenters. The van der Waals surface area contributed by atoms with Crippen LogP contribution in [-0.2, 0) is 9.22 Å². The van der Waals surface area contributed by atoms with Gasteiger partial charge in [0.25, 0.3) is 0 Å². The van der Waals surface area contributed by atoms with Crippen LogP contribution in [0.25, 0.3) is 0 Å². The van der Waals surface area contributed by atoms with Crippen LogP contribution in [0.15, 0.2) is 12.2 Å². The standard InChI is InChI=1S/C22H40O2Si/c1-16(11-12-17(2)21(3,4)24-25(6,7)8)18-13-14-19-20(23)10-9-15-22(18,19)5/h11-12,16-19H,9-10,13-15H2,1-8H3/b12-11+/t16-,17+,18-,19-,22-/m1/s1. The van der Waals surface area contributed by atoms with E-state index in [2.05, 4.69) is 66.4 Å². The SMILES string of the molecule is C[C@H](/C=C/[C@H](C)C(C)(C)O[Si](C)(C)C)[C@H]1CC[C@@H]2C(=O)CCC[C@@]21C. The van der Waals surface area contributed by atoms with Crippen molar-refractivity contribution in [3.8, 4) is 0 Å². The Bertz CT molecular complexity index is 517. The van der Waals surface area contributed by atoms with Crippen molar-refractivity contribution in [2.45, 2.75) is 92.0 Å². The van der Waals surface area contributed by atoms with Crippen LogP contribution in [0.1, 0.15) is 66.7 Å². The van der Waals surface area contributed by atoms with E-state index in [0.29, 0.717) is 29.5 Å². The molecule has 0 aliphatic heterocycles. The Morgan fingerprint density at radius 1 is 1.20 bits per heavy atom. The molecule has 2 aliphatic rings. The highest BCUT2D eigenvalue weighted by atomic mass is 28.4. The number of fused-ring (bicyclic) bond motifs is 1. The van der Waals surface area contributed by atoms with E-state index < -0.39 is 8.32 Å². The third-order valence-electron chi connectivity index (χ3n) is 6.94. The third kappa shape index (κ3) is 4.66. The van der Waals surface area contributed by atoms with E-state index in [4.69, 9.17) is 4.43 Å². The number of Topliss-reactive ketones (excluding diaryl/α,β-unsaturated/α-hetero) is 1. The minimum atomic E-state index is -1.55. The molecule has 2 nitrogen and oxygen atoms in total. The van der Waals surface area contributed by atoms with Crippen LogP contribution in [0.5, 0.6) is 0 Å². The van der Waals surface area contributed by atoms with Crippen molar-refractivity contribution < 1.29 is 9.22 Å². The van der Waals surface area contributed by atoms with E-state index in [1.165, 1.54) is 12.8 Å². The Balaban J connectivity index is 2.05. The zero-order chi connectivity index (χ0) is 19.0. The molecule has 2 rings (SSSR count). The number of allylic oxidation sites excluding steroid dienone is 1. The molecule has 0 heterocycles. The summed E-state index contributed by atoms with van der Waals surface area (Å²) < 4.78 is 6.41. The monoisotopic (exact) mass is 364 g/mol. The summed E-state index contributed by atoms with van der Waals surface area (Å²) in [5.74, 6) is 2.42. The first-order valence-corrected chi connectivity index (χ1v) is 13.7. The van der Waals surface area contributed by atoms with Crippen LogP contribution < -0.4 is 0 Å². The lowest BCUT2D eigenvalue weighted by molar-refractivity contribution is -0.129. The summed E-state index contributed by atoms with van der Waals surface area (Å²) in [7, 11) is -1.55. The first kappa shape index (κ1) is 20.9. The molecule has 0 aromatic heterocycles. The van der Waals surface area contributed by atoms with Crippen LogP contribution >= 0.6 is 0 Å². The largest absolute Gasteiger partial charge is 0.412 e. The van der Waals surface area contributed by atoms with Gasteiger partial charge in [-0.25, -0.2) is 0 Å². The molecule has 0 radical (unpaired) electrons. The Kier molecular flexibility index (Phi) is 6.10. The summed E-state index contributed by atoms with van der Waals surface area (Å²) in [5.41, 5.74) is 0.107. The fourth-order valence-electron chi connectivity index (χ4n) is 5.42. The third-order valence-corrected chi connectivity index (χ3v) is 8.08. The molecule has 2 aliphatic carbocycles. The maximum absolute atomic E-state index is 12.3. The second kappa shape index (κ2) is 7.30. The van der Waals surface area contributed by atoms with Crippen molar-refractivity contribution in [3.05, 3.63) is 12.2 Å². The van der Waals surface area contributed by atoms with Crippen LogP contribution in [0, 0.1) is 29.1 Å². The summed E-state index contributed by atoms with van der Waals surface area (Å²) >= 11 is 0. The van der Waals surface area contributed by atoms with Gasteiger partial charge in [-0.05, 0) is 76.4 Å². The van der Waals surface area contributed by atoms with E-state index in [9.17, 15) is 4.79 Å². The quantitative estimate of drug-likeness (QED) is 0.412. The summed E-state index contributed by atoms with van der Waals surface area (Å²) in [6, 6.07) is 0.